The van der Waals surface area contributed by atoms with Crippen molar-refractivity contribution in [2.75, 3.05) is 0 Å². The first-order valence-electron chi connectivity index (χ1n) is 3.95. The summed E-state index contributed by atoms with van der Waals surface area (Å²) in [6.45, 7) is -0.129. The first kappa shape index (κ1) is 8.19. The minimum absolute atomic E-state index is 0.129. The van der Waals surface area contributed by atoms with E-state index in [0.717, 1.165) is 0 Å². The minimum Gasteiger partial charge on any atom is -0.390 e. The average molecular weight is 180 g/mol. The van der Waals surface area contributed by atoms with Crippen molar-refractivity contribution in [3.63, 3.8) is 0 Å². The van der Waals surface area contributed by atoms with Crippen molar-refractivity contribution in [2.24, 2.45) is 7.05 Å². The summed E-state index contributed by atoms with van der Waals surface area (Å²) < 4.78 is 14.7. The molecule has 3 nitrogen and oxygen atoms in total. The van der Waals surface area contributed by atoms with Gasteiger partial charge in [0, 0.05) is 12.4 Å². The average Bonchev–Trinajstić information content (AvgIpc) is 2.43. The Bertz CT molecular complexity index is 450. The highest BCUT2D eigenvalue weighted by Crippen LogP contribution is 2.19. The van der Waals surface area contributed by atoms with E-state index < -0.39 is 0 Å². The number of aliphatic hydroxyl groups is 1. The first-order valence-corrected chi connectivity index (χ1v) is 3.95. The Morgan fingerprint density at radius 1 is 1.54 bits per heavy atom. The molecule has 2 aromatic rings. The van der Waals surface area contributed by atoms with Crippen molar-refractivity contribution in [3.8, 4) is 0 Å². The van der Waals surface area contributed by atoms with Crippen LogP contribution >= 0.6 is 0 Å². The van der Waals surface area contributed by atoms with Crippen molar-refractivity contribution < 1.29 is 9.50 Å². The zero-order chi connectivity index (χ0) is 9.42. The van der Waals surface area contributed by atoms with E-state index in [1.165, 1.54) is 10.7 Å². The maximum atomic E-state index is 13.2. The first-order chi connectivity index (χ1) is 6.24. The topological polar surface area (TPSA) is 38.0 Å². The van der Waals surface area contributed by atoms with Crippen molar-refractivity contribution in [3.05, 3.63) is 29.7 Å². The maximum Gasteiger partial charge on any atom is 0.151 e. The van der Waals surface area contributed by atoms with Gasteiger partial charge in [0.05, 0.1) is 12.3 Å². The van der Waals surface area contributed by atoms with E-state index in [0.29, 0.717) is 16.6 Å². The van der Waals surface area contributed by atoms with Gasteiger partial charge < -0.3 is 5.11 Å². The lowest BCUT2D eigenvalue weighted by Gasteiger charge is -1.95. The van der Waals surface area contributed by atoms with Crippen LogP contribution in [0.15, 0.2) is 18.2 Å². The fourth-order valence-corrected chi connectivity index (χ4v) is 1.42. The fourth-order valence-electron chi connectivity index (χ4n) is 1.42. The molecule has 1 N–H and O–H groups in total. The fraction of sp³-hybridized carbons (Fsp3) is 0.222. The second-order valence-electron chi connectivity index (χ2n) is 2.86. The van der Waals surface area contributed by atoms with E-state index in [1.54, 1.807) is 19.2 Å². The van der Waals surface area contributed by atoms with Gasteiger partial charge in [0.25, 0.3) is 0 Å². The molecule has 13 heavy (non-hydrogen) atoms. The summed E-state index contributed by atoms with van der Waals surface area (Å²) in [6.07, 6.45) is 0. The molecule has 0 aliphatic heterocycles. The van der Waals surface area contributed by atoms with Crippen LogP contribution in [0.1, 0.15) is 5.69 Å². The molecule has 0 unspecified atom stereocenters. The molecule has 0 spiro atoms. The number of aryl methyl sites for hydroxylation is 1. The molecular formula is C9H9FN2O. The molecule has 0 amide bonds. The molecule has 1 heterocycles. The maximum absolute atomic E-state index is 13.2. The Balaban J connectivity index is 2.86. The summed E-state index contributed by atoms with van der Waals surface area (Å²) in [7, 11) is 1.69. The Hall–Kier alpha value is -1.42. The monoisotopic (exact) mass is 180 g/mol. The molecule has 0 saturated carbocycles. The highest BCUT2D eigenvalue weighted by atomic mass is 19.1. The van der Waals surface area contributed by atoms with Crippen LogP contribution < -0.4 is 0 Å². The Labute approximate surface area is 74.4 Å². The molecule has 1 aromatic heterocycles. The molecule has 0 radical (unpaired) electrons. The lowest BCUT2D eigenvalue weighted by molar-refractivity contribution is 0.272. The predicted molar refractivity (Wildman–Crippen MR) is 46.6 cm³/mol. The number of aliphatic hydroxyl groups excluding tert-OH is 1. The highest BCUT2D eigenvalue weighted by molar-refractivity contribution is 5.81. The van der Waals surface area contributed by atoms with Crippen molar-refractivity contribution in [1.29, 1.82) is 0 Å². The minimum atomic E-state index is -0.354. The van der Waals surface area contributed by atoms with Gasteiger partial charge in [0.2, 0.25) is 0 Å². The largest absolute Gasteiger partial charge is 0.390 e. The molecule has 68 valence electrons. The summed E-state index contributed by atoms with van der Waals surface area (Å²) in [4.78, 5) is 0. The van der Waals surface area contributed by atoms with E-state index in [1.807, 2.05) is 0 Å². The van der Waals surface area contributed by atoms with Crippen LogP contribution in [0.25, 0.3) is 10.9 Å². The predicted octanol–water partition coefficient (Wildman–Crippen LogP) is 1.20. The van der Waals surface area contributed by atoms with Crippen LogP contribution in [0.2, 0.25) is 0 Å². The van der Waals surface area contributed by atoms with Gasteiger partial charge in [-0.05, 0) is 6.07 Å². The van der Waals surface area contributed by atoms with Crippen molar-refractivity contribution >= 4 is 10.9 Å². The van der Waals surface area contributed by atoms with Gasteiger partial charge in [-0.15, -0.1) is 0 Å². The molecule has 0 bridgehead atoms. The summed E-state index contributed by atoms with van der Waals surface area (Å²) in [5, 5.41) is 13.6. The number of rotatable bonds is 1. The molecule has 2 rings (SSSR count). The Morgan fingerprint density at radius 2 is 2.31 bits per heavy atom. The van der Waals surface area contributed by atoms with E-state index in [4.69, 9.17) is 5.11 Å². The van der Waals surface area contributed by atoms with Crippen LogP contribution in [0.4, 0.5) is 4.39 Å². The third-order valence-corrected chi connectivity index (χ3v) is 2.09. The van der Waals surface area contributed by atoms with Gasteiger partial charge in [-0.3, -0.25) is 4.68 Å². The Kier molecular flexibility index (Phi) is 1.77. The van der Waals surface area contributed by atoms with Gasteiger partial charge in [-0.2, -0.15) is 5.10 Å². The third-order valence-electron chi connectivity index (χ3n) is 2.09. The third kappa shape index (κ3) is 1.10. The quantitative estimate of drug-likeness (QED) is 0.716. The van der Waals surface area contributed by atoms with Crippen LogP contribution in [-0.2, 0) is 13.7 Å². The molecule has 4 heteroatoms. The van der Waals surface area contributed by atoms with E-state index in [9.17, 15) is 4.39 Å². The van der Waals surface area contributed by atoms with Gasteiger partial charge >= 0.3 is 0 Å². The van der Waals surface area contributed by atoms with Crippen molar-refractivity contribution in [2.45, 2.75) is 6.61 Å². The van der Waals surface area contributed by atoms with E-state index in [2.05, 4.69) is 5.10 Å². The standard InChI is InChI=1S/C9H9FN2O/c1-12-8(5-13)6-3-2-4-7(10)9(6)11-12/h2-4,13H,5H2,1H3. The molecule has 0 atom stereocenters. The number of benzene rings is 1. The molecule has 0 saturated heterocycles. The number of nitrogens with zero attached hydrogens (tertiary/aromatic N) is 2. The number of hydrogen-bond acceptors (Lipinski definition) is 2. The molecule has 1 aromatic carbocycles. The summed E-state index contributed by atoms with van der Waals surface area (Å²) in [5.74, 6) is -0.354. The van der Waals surface area contributed by atoms with Crippen LogP contribution in [0, 0.1) is 5.82 Å². The second-order valence-corrected chi connectivity index (χ2v) is 2.86. The lowest BCUT2D eigenvalue weighted by atomic mass is 10.2. The SMILES string of the molecule is Cn1nc2c(F)cccc2c1CO. The molecule has 0 aliphatic rings. The summed E-state index contributed by atoms with van der Waals surface area (Å²) in [5.41, 5.74) is 0.948. The van der Waals surface area contributed by atoms with Gasteiger partial charge in [-0.1, -0.05) is 12.1 Å². The highest BCUT2D eigenvalue weighted by Gasteiger charge is 2.10. The van der Waals surface area contributed by atoms with Gasteiger partial charge in [0.15, 0.2) is 5.82 Å². The smallest absolute Gasteiger partial charge is 0.151 e. The second kappa shape index (κ2) is 2.81. The molecular weight excluding hydrogens is 171 g/mol. The summed E-state index contributed by atoms with van der Waals surface area (Å²) >= 11 is 0. The van der Waals surface area contributed by atoms with Crippen LogP contribution in [0.5, 0.6) is 0 Å². The summed E-state index contributed by atoms with van der Waals surface area (Å²) in [6, 6.07) is 4.71. The van der Waals surface area contributed by atoms with E-state index >= 15 is 0 Å². The Morgan fingerprint density at radius 3 is 3.00 bits per heavy atom. The molecule has 0 fully saturated rings. The zero-order valence-corrected chi connectivity index (χ0v) is 7.16. The normalized spacial score (nSPS) is 11.0. The van der Waals surface area contributed by atoms with Gasteiger partial charge in [0.1, 0.15) is 5.52 Å². The zero-order valence-electron chi connectivity index (χ0n) is 7.16. The van der Waals surface area contributed by atoms with E-state index in [-0.39, 0.29) is 12.4 Å². The van der Waals surface area contributed by atoms with Crippen LogP contribution in [-0.4, -0.2) is 14.9 Å². The number of halogens is 1. The molecule has 0 aliphatic carbocycles. The van der Waals surface area contributed by atoms with Crippen molar-refractivity contribution in [1.82, 2.24) is 9.78 Å². The lowest BCUT2D eigenvalue weighted by Crippen LogP contribution is -1.96. The van der Waals surface area contributed by atoms with Gasteiger partial charge in [-0.25, -0.2) is 4.39 Å². The van der Waals surface area contributed by atoms with Crippen LogP contribution in [0.3, 0.4) is 0 Å². The number of fused-ring (bicyclic) bond motifs is 1. The number of aromatic nitrogens is 2. The number of hydrogen-bond donors (Lipinski definition) is 1.